The predicted molar refractivity (Wildman–Crippen MR) is 86.4 cm³/mol. The lowest BCUT2D eigenvalue weighted by Crippen LogP contribution is -2.49. The maximum absolute atomic E-state index is 12.2. The highest BCUT2D eigenvalue weighted by atomic mass is 16.1. The fraction of sp³-hybridized carbons (Fsp3) is 0.588. The van der Waals surface area contributed by atoms with Gasteiger partial charge in [0.1, 0.15) is 0 Å². The van der Waals surface area contributed by atoms with Crippen molar-refractivity contribution in [3.63, 3.8) is 0 Å². The Morgan fingerprint density at radius 1 is 1.43 bits per heavy atom. The van der Waals surface area contributed by atoms with Crippen molar-refractivity contribution in [3.05, 3.63) is 35.4 Å². The van der Waals surface area contributed by atoms with Crippen LogP contribution in [0.25, 0.3) is 0 Å². The van der Waals surface area contributed by atoms with E-state index < -0.39 is 0 Å². The standard InChI is InChI=1S/C17H27N3O/c1-13-11-18-8-9-20(13)12-14-6-5-7-15(10-14)16(21)19-17(2,3)4/h5-7,10,13,18H,8-9,11-12H2,1-4H3,(H,19,21). The molecule has 4 heteroatoms. The highest BCUT2D eigenvalue weighted by Gasteiger charge is 2.19. The van der Waals surface area contributed by atoms with E-state index in [-0.39, 0.29) is 11.4 Å². The molecule has 4 nitrogen and oxygen atoms in total. The van der Waals surface area contributed by atoms with Crippen LogP contribution in [0.1, 0.15) is 43.6 Å². The Hall–Kier alpha value is -1.39. The molecule has 1 fully saturated rings. The van der Waals surface area contributed by atoms with Crippen LogP contribution >= 0.6 is 0 Å². The van der Waals surface area contributed by atoms with Gasteiger partial charge in [0.2, 0.25) is 0 Å². The molecule has 1 aliphatic heterocycles. The van der Waals surface area contributed by atoms with Crippen LogP contribution in [-0.2, 0) is 6.54 Å². The van der Waals surface area contributed by atoms with Gasteiger partial charge in [0.05, 0.1) is 0 Å². The van der Waals surface area contributed by atoms with Crippen molar-refractivity contribution in [1.82, 2.24) is 15.5 Å². The molecular formula is C17H27N3O. The van der Waals surface area contributed by atoms with Gasteiger partial charge in [-0.1, -0.05) is 12.1 Å². The van der Waals surface area contributed by atoms with E-state index in [1.807, 2.05) is 39.0 Å². The number of hydrogen-bond donors (Lipinski definition) is 2. The number of hydrogen-bond acceptors (Lipinski definition) is 3. The number of nitrogens with zero attached hydrogens (tertiary/aromatic N) is 1. The first-order chi connectivity index (χ1) is 9.85. The number of carbonyl (C=O) groups excluding carboxylic acids is 1. The van der Waals surface area contributed by atoms with Gasteiger partial charge in [-0.15, -0.1) is 0 Å². The smallest absolute Gasteiger partial charge is 0.251 e. The second kappa shape index (κ2) is 6.58. The zero-order valence-electron chi connectivity index (χ0n) is 13.6. The lowest BCUT2D eigenvalue weighted by molar-refractivity contribution is 0.0919. The Morgan fingerprint density at radius 3 is 2.86 bits per heavy atom. The first kappa shape index (κ1) is 16.0. The number of rotatable bonds is 3. The molecule has 0 bridgehead atoms. The molecule has 1 aromatic rings. The summed E-state index contributed by atoms with van der Waals surface area (Å²) in [5.74, 6) is -0.00212. The first-order valence-corrected chi connectivity index (χ1v) is 7.71. The van der Waals surface area contributed by atoms with Crippen molar-refractivity contribution >= 4 is 5.91 Å². The van der Waals surface area contributed by atoms with E-state index >= 15 is 0 Å². The number of amides is 1. The molecule has 0 aliphatic carbocycles. The number of piperazine rings is 1. The molecule has 1 amide bonds. The van der Waals surface area contributed by atoms with Crippen molar-refractivity contribution in [2.45, 2.75) is 45.8 Å². The second-order valence-electron chi connectivity index (χ2n) is 6.93. The van der Waals surface area contributed by atoms with Crippen LogP contribution in [-0.4, -0.2) is 42.0 Å². The number of nitrogens with one attached hydrogen (secondary N) is 2. The zero-order chi connectivity index (χ0) is 15.5. The molecule has 1 aliphatic rings. The highest BCUT2D eigenvalue weighted by Crippen LogP contribution is 2.13. The van der Waals surface area contributed by atoms with Crippen molar-refractivity contribution in [2.24, 2.45) is 0 Å². The molecular weight excluding hydrogens is 262 g/mol. The topological polar surface area (TPSA) is 44.4 Å². The molecule has 1 saturated heterocycles. The van der Waals surface area contributed by atoms with Gasteiger partial charge in [-0.05, 0) is 45.4 Å². The average molecular weight is 289 g/mol. The minimum atomic E-state index is -0.208. The van der Waals surface area contributed by atoms with Crippen LogP contribution in [0.15, 0.2) is 24.3 Å². The molecule has 116 valence electrons. The van der Waals surface area contributed by atoms with E-state index in [1.165, 1.54) is 5.56 Å². The normalized spacial score (nSPS) is 20.3. The van der Waals surface area contributed by atoms with E-state index in [4.69, 9.17) is 0 Å². The number of benzene rings is 1. The number of carbonyl (C=O) groups is 1. The Bertz CT molecular complexity index is 493. The quantitative estimate of drug-likeness (QED) is 0.894. The van der Waals surface area contributed by atoms with Gasteiger partial charge in [-0.25, -0.2) is 0 Å². The van der Waals surface area contributed by atoms with E-state index in [0.29, 0.717) is 6.04 Å². The SMILES string of the molecule is CC1CNCCN1Cc1cccc(C(=O)NC(C)(C)C)c1. The van der Waals surface area contributed by atoms with Gasteiger partial charge in [-0.3, -0.25) is 9.69 Å². The summed E-state index contributed by atoms with van der Waals surface area (Å²) in [5.41, 5.74) is 1.73. The third-order valence-electron chi connectivity index (χ3n) is 3.70. The molecule has 21 heavy (non-hydrogen) atoms. The van der Waals surface area contributed by atoms with E-state index in [1.54, 1.807) is 0 Å². The summed E-state index contributed by atoms with van der Waals surface area (Å²) in [6, 6.07) is 8.50. The Labute approximate surface area is 127 Å². The molecule has 1 heterocycles. The summed E-state index contributed by atoms with van der Waals surface area (Å²) < 4.78 is 0. The molecule has 0 radical (unpaired) electrons. The van der Waals surface area contributed by atoms with Crippen LogP contribution in [0.4, 0.5) is 0 Å². The van der Waals surface area contributed by atoms with Crippen LogP contribution in [0, 0.1) is 0 Å². The van der Waals surface area contributed by atoms with Crippen molar-refractivity contribution < 1.29 is 4.79 Å². The highest BCUT2D eigenvalue weighted by molar-refractivity contribution is 5.94. The fourth-order valence-electron chi connectivity index (χ4n) is 2.58. The summed E-state index contributed by atoms with van der Waals surface area (Å²) in [6.07, 6.45) is 0. The fourth-order valence-corrected chi connectivity index (χ4v) is 2.58. The monoisotopic (exact) mass is 289 g/mol. The van der Waals surface area contributed by atoms with Crippen LogP contribution < -0.4 is 10.6 Å². The molecule has 0 spiro atoms. The maximum Gasteiger partial charge on any atom is 0.251 e. The van der Waals surface area contributed by atoms with Crippen molar-refractivity contribution in [3.8, 4) is 0 Å². The minimum absolute atomic E-state index is 0.00212. The summed E-state index contributed by atoms with van der Waals surface area (Å²) in [5, 5.41) is 6.41. The van der Waals surface area contributed by atoms with E-state index in [2.05, 4.69) is 28.5 Å². The average Bonchev–Trinajstić information content (AvgIpc) is 2.40. The van der Waals surface area contributed by atoms with Gasteiger partial charge in [0, 0.05) is 43.3 Å². The van der Waals surface area contributed by atoms with E-state index in [9.17, 15) is 4.79 Å². The minimum Gasteiger partial charge on any atom is -0.347 e. The zero-order valence-corrected chi connectivity index (χ0v) is 13.6. The van der Waals surface area contributed by atoms with Crippen molar-refractivity contribution in [2.75, 3.05) is 19.6 Å². The summed E-state index contributed by atoms with van der Waals surface area (Å²) >= 11 is 0. The van der Waals surface area contributed by atoms with Gasteiger partial charge in [0.25, 0.3) is 5.91 Å². The lowest BCUT2D eigenvalue weighted by Gasteiger charge is -2.34. The molecule has 1 aromatic carbocycles. The van der Waals surface area contributed by atoms with Crippen LogP contribution in [0.5, 0.6) is 0 Å². The Morgan fingerprint density at radius 2 is 2.19 bits per heavy atom. The van der Waals surface area contributed by atoms with Gasteiger partial charge >= 0.3 is 0 Å². The largest absolute Gasteiger partial charge is 0.347 e. The third kappa shape index (κ3) is 4.83. The van der Waals surface area contributed by atoms with Crippen LogP contribution in [0.3, 0.4) is 0 Å². The molecule has 1 atom stereocenters. The van der Waals surface area contributed by atoms with Crippen molar-refractivity contribution in [1.29, 1.82) is 0 Å². The second-order valence-corrected chi connectivity index (χ2v) is 6.93. The molecule has 2 N–H and O–H groups in total. The summed E-state index contributed by atoms with van der Waals surface area (Å²) in [6.45, 7) is 12.3. The molecule has 2 rings (SSSR count). The Balaban J connectivity index is 2.05. The van der Waals surface area contributed by atoms with Gasteiger partial charge < -0.3 is 10.6 Å². The van der Waals surface area contributed by atoms with Gasteiger partial charge in [-0.2, -0.15) is 0 Å². The summed E-state index contributed by atoms with van der Waals surface area (Å²) in [7, 11) is 0. The van der Waals surface area contributed by atoms with E-state index in [0.717, 1.165) is 31.7 Å². The first-order valence-electron chi connectivity index (χ1n) is 7.71. The molecule has 0 saturated carbocycles. The van der Waals surface area contributed by atoms with Gasteiger partial charge in [0.15, 0.2) is 0 Å². The predicted octanol–water partition coefficient (Wildman–Crippen LogP) is 2.01. The Kier molecular flexibility index (Phi) is 5.01. The third-order valence-corrected chi connectivity index (χ3v) is 3.70. The summed E-state index contributed by atoms with van der Waals surface area (Å²) in [4.78, 5) is 14.7. The lowest BCUT2D eigenvalue weighted by atomic mass is 10.1. The maximum atomic E-state index is 12.2. The molecule has 1 unspecified atom stereocenters. The van der Waals surface area contributed by atoms with Crippen LogP contribution in [0.2, 0.25) is 0 Å². The molecule has 0 aromatic heterocycles.